The molecule has 112 valence electrons. The Morgan fingerprint density at radius 3 is 2.21 bits per heavy atom. The number of carbonyl (C=O) groups excluding carboxylic acids is 1. The third-order valence-corrected chi connectivity index (χ3v) is 5.71. The van der Waals surface area contributed by atoms with Gasteiger partial charge < -0.3 is 9.80 Å². The molecule has 1 fully saturated rings. The Bertz CT molecular complexity index is 405. The SMILES string of the molecule is CC(CCl)CS(=O)(=O)N1CCN(C(=O)N(C)C)CC1. The molecule has 0 aromatic carbocycles. The Kier molecular flexibility index (Phi) is 5.88. The molecule has 0 spiro atoms. The molecular formula is C11H22ClN3O3S. The van der Waals surface area contributed by atoms with Gasteiger partial charge in [-0.25, -0.2) is 13.2 Å². The molecule has 1 unspecified atom stereocenters. The monoisotopic (exact) mass is 311 g/mol. The summed E-state index contributed by atoms with van der Waals surface area (Å²) >= 11 is 5.66. The summed E-state index contributed by atoms with van der Waals surface area (Å²) in [6.45, 7) is 3.40. The molecule has 1 aliphatic rings. The third kappa shape index (κ3) is 4.50. The zero-order chi connectivity index (χ0) is 14.6. The number of rotatable bonds is 4. The fourth-order valence-corrected chi connectivity index (χ4v) is 3.96. The molecule has 0 radical (unpaired) electrons. The number of hydrogen-bond acceptors (Lipinski definition) is 3. The van der Waals surface area contributed by atoms with Crippen molar-refractivity contribution in [3.05, 3.63) is 0 Å². The summed E-state index contributed by atoms with van der Waals surface area (Å²) in [7, 11) is 0.109. The molecule has 6 nitrogen and oxygen atoms in total. The molecule has 1 atom stereocenters. The van der Waals surface area contributed by atoms with Crippen LogP contribution in [0.4, 0.5) is 4.79 Å². The molecule has 1 aliphatic heterocycles. The van der Waals surface area contributed by atoms with Crippen molar-refractivity contribution in [3.8, 4) is 0 Å². The lowest BCUT2D eigenvalue weighted by Gasteiger charge is -2.35. The molecule has 0 N–H and O–H groups in total. The number of nitrogens with zero attached hydrogens (tertiary/aromatic N) is 3. The van der Waals surface area contributed by atoms with E-state index < -0.39 is 10.0 Å². The zero-order valence-electron chi connectivity index (χ0n) is 11.7. The van der Waals surface area contributed by atoms with Crippen LogP contribution in [-0.4, -0.2) is 80.5 Å². The highest BCUT2D eigenvalue weighted by atomic mass is 35.5. The first-order chi connectivity index (χ1) is 8.77. The van der Waals surface area contributed by atoms with E-state index in [1.165, 1.54) is 9.21 Å². The van der Waals surface area contributed by atoms with E-state index in [9.17, 15) is 13.2 Å². The van der Waals surface area contributed by atoms with E-state index in [0.717, 1.165) is 0 Å². The second-order valence-corrected chi connectivity index (χ2v) is 7.42. The van der Waals surface area contributed by atoms with Gasteiger partial charge in [0.15, 0.2) is 0 Å². The standard InChI is InChI=1S/C11H22ClN3O3S/c1-10(8-12)9-19(17,18)15-6-4-14(5-7-15)11(16)13(2)3/h10H,4-9H2,1-3H3. The van der Waals surface area contributed by atoms with Crippen LogP contribution in [0.25, 0.3) is 0 Å². The highest BCUT2D eigenvalue weighted by Gasteiger charge is 2.30. The molecule has 8 heteroatoms. The second-order valence-electron chi connectivity index (χ2n) is 5.10. The summed E-state index contributed by atoms with van der Waals surface area (Å²) in [6, 6.07) is -0.0776. The van der Waals surface area contributed by atoms with Crippen molar-refractivity contribution in [2.24, 2.45) is 5.92 Å². The van der Waals surface area contributed by atoms with Crippen LogP contribution in [0.1, 0.15) is 6.92 Å². The smallest absolute Gasteiger partial charge is 0.319 e. The fourth-order valence-electron chi connectivity index (χ4n) is 1.95. The van der Waals surface area contributed by atoms with Gasteiger partial charge in [0.25, 0.3) is 0 Å². The number of piperazine rings is 1. The van der Waals surface area contributed by atoms with E-state index in [1.807, 2.05) is 6.92 Å². The Balaban J connectivity index is 2.56. The predicted octanol–water partition coefficient (Wildman–Crippen LogP) is 0.490. The minimum Gasteiger partial charge on any atom is -0.331 e. The van der Waals surface area contributed by atoms with Crippen molar-refractivity contribution in [1.82, 2.24) is 14.1 Å². The van der Waals surface area contributed by atoms with Gasteiger partial charge in [0, 0.05) is 46.2 Å². The molecule has 19 heavy (non-hydrogen) atoms. The van der Waals surface area contributed by atoms with Crippen LogP contribution in [0, 0.1) is 5.92 Å². The maximum Gasteiger partial charge on any atom is 0.319 e. The molecule has 1 rings (SSSR count). The molecule has 0 bridgehead atoms. The lowest BCUT2D eigenvalue weighted by molar-refractivity contribution is 0.149. The summed E-state index contributed by atoms with van der Waals surface area (Å²) < 4.78 is 25.7. The average Bonchev–Trinajstić information content (AvgIpc) is 2.37. The minimum atomic E-state index is -3.27. The van der Waals surface area contributed by atoms with Crippen LogP contribution >= 0.6 is 11.6 Å². The second kappa shape index (κ2) is 6.76. The molecule has 2 amide bonds. The van der Waals surface area contributed by atoms with E-state index in [1.54, 1.807) is 19.0 Å². The number of sulfonamides is 1. The van der Waals surface area contributed by atoms with Gasteiger partial charge in [0.1, 0.15) is 0 Å². The van der Waals surface area contributed by atoms with Crippen LogP contribution in [0.5, 0.6) is 0 Å². The highest BCUT2D eigenvalue weighted by molar-refractivity contribution is 7.89. The number of halogens is 1. The van der Waals surface area contributed by atoms with Crippen molar-refractivity contribution in [2.75, 3.05) is 51.9 Å². The summed E-state index contributed by atoms with van der Waals surface area (Å²) in [4.78, 5) is 14.9. The molecule has 1 saturated heterocycles. The maximum absolute atomic E-state index is 12.1. The summed E-state index contributed by atoms with van der Waals surface area (Å²) in [6.07, 6.45) is 0. The zero-order valence-corrected chi connectivity index (χ0v) is 13.2. The number of hydrogen-bond donors (Lipinski definition) is 0. The lowest BCUT2D eigenvalue weighted by atomic mass is 10.3. The average molecular weight is 312 g/mol. The minimum absolute atomic E-state index is 0.0619. The van der Waals surface area contributed by atoms with Gasteiger partial charge in [-0.15, -0.1) is 11.6 Å². The van der Waals surface area contributed by atoms with Crippen LogP contribution < -0.4 is 0 Å². The number of carbonyl (C=O) groups is 1. The predicted molar refractivity (Wildman–Crippen MR) is 75.9 cm³/mol. The van der Waals surface area contributed by atoms with Gasteiger partial charge in [-0.05, 0) is 5.92 Å². The number of urea groups is 1. The van der Waals surface area contributed by atoms with Crippen molar-refractivity contribution in [2.45, 2.75) is 6.92 Å². The van der Waals surface area contributed by atoms with Gasteiger partial charge in [-0.1, -0.05) is 6.92 Å². The quantitative estimate of drug-likeness (QED) is 0.710. The Morgan fingerprint density at radius 2 is 1.79 bits per heavy atom. The molecule has 0 saturated carbocycles. The van der Waals surface area contributed by atoms with Crippen molar-refractivity contribution < 1.29 is 13.2 Å². The number of alkyl halides is 1. The summed E-state index contributed by atoms with van der Waals surface area (Å²) in [5.74, 6) is 0.337. The van der Waals surface area contributed by atoms with Crippen LogP contribution in [0.15, 0.2) is 0 Å². The molecule has 1 heterocycles. The van der Waals surface area contributed by atoms with E-state index >= 15 is 0 Å². The van der Waals surface area contributed by atoms with E-state index in [0.29, 0.717) is 32.1 Å². The first kappa shape index (κ1) is 16.5. The van der Waals surface area contributed by atoms with Crippen molar-refractivity contribution >= 4 is 27.7 Å². The lowest BCUT2D eigenvalue weighted by Crippen LogP contribution is -2.53. The highest BCUT2D eigenvalue weighted by Crippen LogP contribution is 2.13. The van der Waals surface area contributed by atoms with E-state index in [-0.39, 0.29) is 17.7 Å². The van der Waals surface area contributed by atoms with Crippen LogP contribution in [-0.2, 0) is 10.0 Å². The van der Waals surface area contributed by atoms with Crippen molar-refractivity contribution in [1.29, 1.82) is 0 Å². The largest absolute Gasteiger partial charge is 0.331 e. The van der Waals surface area contributed by atoms with E-state index in [4.69, 9.17) is 11.6 Å². The van der Waals surface area contributed by atoms with Gasteiger partial charge in [-0.2, -0.15) is 4.31 Å². The molecule has 0 aliphatic carbocycles. The van der Waals surface area contributed by atoms with Crippen LogP contribution in [0.3, 0.4) is 0 Å². The number of amides is 2. The van der Waals surface area contributed by atoms with Gasteiger partial charge in [0.05, 0.1) is 5.75 Å². The normalized spacial score (nSPS) is 19.3. The Labute approximate surface area is 120 Å². The topological polar surface area (TPSA) is 60.9 Å². The van der Waals surface area contributed by atoms with Crippen molar-refractivity contribution in [3.63, 3.8) is 0 Å². The first-order valence-corrected chi connectivity index (χ1v) is 8.42. The van der Waals surface area contributed by atoms with Gasteiger partial charge in [0.2, 0.25) is 10.0 Å². The van der Waals surface area contributed by atoms with Gasteiger partial charge in [-0.3, -0.25) is 0 Å². The maximum atomic E-state index is 12.1. The van der Waals surface area contributed by atoms with E-state index in [2.05, 4.69) is 0 Å². The Morgan fingerprint density at radius 1 is 1.26 bits per heavy atom. The molecule has 0 aromatic heterocycles. The molecule has 0 aromatic rings. The Hall–Kier alpha value is -0.530. The summed E-state index contributed by atoms with van der Waals surface area (Å²) in [5.41, 5.74) is 0. The van der Waals surface area contributed by atoms with Gasteiger partial charge >= 0.3 is 6.03 Å². The first-order valence-electron chi connectivity index (χ1n) is 6.28. The third-order valence-electron chi connectivity index (χ3n) is 3.04. The van der Waals surface area contributed by atoms with Crippen LogP contribution in [0.2, 0.25) is 0 Å². The summed E-state index contributed by atoms with van der Waals surface area (Å²) in [5, 5.41) is 0. The molecular weight excluding hydrogens is 290 g/mol. The fraction of sp³-hybridized carbons (Fsp3) is 0.909.